The Bertz CT molecular complexity index is 574. The van der Waals surface area contributed by atoms with Gasteiger partial charge in [0.05, 0.1) is 0 Å². The van der Waals surface area contributed by atoms with E-state index in [4.69, 9.17) is 15.2 Å². The number of primary amides is 1. The first-order chi connectivity index (χ1) is 10.7. The van der Waals surface area contributed by atoms with Gasteiger partial charge in [-0.3, -0.25) is 10.1 Å². The molecular formula is C15H19BrN2O5. The summed E-state index contributed by atoms with van der Waals surface area (Å²) >= 11 is 3.30. The molecule has 0 spiro atoms. The van der Waals surface area contributed by atoms with E-state index in [-0.39, 0.29) is 5.92 Å². The van der Waals surface area contributed by atoms with Crippen molar-refractivity contribution < 1.29 is 23.9 Å². The van der Waals surface area contributed by atoms with Crippen LogP contribution in [-0.4, -0.2) is 30.1 Å². The normalized spacial score (nSPS) is 13.1. The number of nitrogens with one attached hydrogen (secondary N) is 1. The molecular weight excluding hydrogens is 368 g/mol. The van der Waals surface area contributed by atoms with Crippen molar-refractivity contribution in [3.63, 3.8) is 0 Å². The van der Waals surface area contributed by atoms with Gasteiger partial charge in [-0.25, -0.2) is 9.59 Å². The molecule has 1 rings (SSSR count). The maximum Gasteiger partial charge on any atom is 0.347 e. The molecule has 7 nitrogen and oxygen atoms in total. The number of imide groups is 1. The Balaban J connectivity index is 2.68. The summed E-state index contributed by atoms with van der Waals surface area (Å²) in [5.41, 5.74) is 4.90. The summed E-state index contributed by atoms with van der Waals surface area (Å²) in [6.07, 6.45) is -2.05. The van der Waals surface area contributed by atoms with Crippen LogP contribution in [0, 0.1) is 5.92 Å². The summed E-state index contributed by atoms with van der Waals surface area (Å²) < 4.78 is 11.5. The van der Waals surface area contributed by atoms with Crippen LogP contribution in [0.4, 0.5) is 4.79 Å². The average Bonchev–Trinajstić information content (AvgIpc) is 2.45. The van der Waals surface area contributed by atoms with Crippen LogP contribution in [0.2, 0.25) is 0 Å². The number of halogens is 1. The van der Waals surface area contributed by atoms with Crippen LogP contribution in [0.3, 0.4) is 0 Å². The van der Waals surface area contributed by atoms with Crippen molar-refractivity contribution in [3.8, 4) is 5.75 Å². The highest BCUT2D eigenvalue weighted by atomic mass is 79.9. The number of hydrogen-bond acceptors (Lipinski definition) is 5. The minimum atomic E-state index is -1.13. The fourth-order valence-electron chi connectivity index (χ4n) is 1.67. The first-order valence-electron chi connectivity index (χ1n) is 6.93. The van der Waals surface area contributed by atoms with Gasteiger partial charge < -0.3 is 15.2 Å². The number of carbonyl (C=O) groups excluding carboxylic acids is 3. The van der Waals surface area contributed by atoms with E-state index in [1.165, 1.54) is 6.92 Å². The van der Waals surface area contributed by atoms with Crippen LogP contribution in [0.1, 0.15) is 20.8 Å². The van der Waals surface area contributed by atoms with Crippen LogP contribution in [0.15, 0.2) is 28.7 Å². The van der Waals surface area contributed by atoms with Gasteiger partial charge in [0.25, 0.3) is 5.91 Å². The number of nitrogens with two attached hydrogens (primary N) is 1. The lowest BCUT2D eigenvalue weighted by molar-refractivity contribution is -0.164. The second-order valence-electron chi connectivity index (χ2n) is 5.17. The molecule has 3 amide bonds. The van der Waals surface area contributed by atoms with Crippen molar-refractivity contribution in [2.75, 3.05) is 0 Å². The van der Waals surface area contributed by atoms with E-state index in [2.05, 4.69) is 15.9 Å². The smallest absolute Gasteiger partial charge is 0.347 e. The fraction of sp³-hybridized carbons (Fsp3) is 0.400. The van der Waals surface area contributed by atoms with Crippen LogP contribution in [0.25, 0.3) is 0 Å². The Morgan fingerprint density at radius 3 is 2.17 bits per heavy atom. The summed E-state index contributed by atoms with van der Waals surface area (Å²) in [4.78, 5) is 34.6. The predicted molar refractivity (Wildman–Crippen MR) is 86.7 cm³/mol. The van der Waals surface area contributed by atoms with E-state index in [0.29, 0.717) is 5.75 Å². The third kappa shape index (κ3) is 6.27. The van der Waals surface area contributed by atoms with E-state index in [1.54, 1.807) is 38.1 Å². The molecule has 1 aromatic rings. The van der Waals surface area contributed by atoms with Crippen molar-refractivity contribution >= 4 is 33.8 Å². The highest BCUT2D eigenvalue weighted by Gasteiger charge is 2.30. The molecule has 0 aliphatic heterocycles. The molecule has 126 valence electrons. The number of amides is 3. The van der Waals surface area contributed by atoms with Crippen molar-refractivity contribution in [1.29, 1.82) is 0 Å². The summed E-state index contributed by atoms with van der Waals surface area (Å²) in [6.45, 7) is 4.87. The standard InChI is InChI=1S/C15H19BrN2O5/c1-8(2)12(13(19)18-15(17)21)23-14(20)9(3)22-11-6-4-10(16)5-7-11/h4-9,12H,1-3H3,(H3,17,18,19,21)/t9-,12+/m1/s1. The lowest BCUT2D eigenvalue weighted by atomic mass is 10.1. The molecule has 8 heteroatoms. The van der Waals surface area contributed by atoms with Gasteiger partial charge in [0.1, 0.15) is 5.75 Å². The number of rotatable bonds is 6. The Morgan fingerprint density at radius 2 is 1.70 bits per heavy atom. The highest BCUT2D eigenvalue weighted by molar-refractivity contribution is 9.10. The van der Waals surface area contributed by atoms with Crippen LogP contribution >= 0.6 is 15.9 Å². The molecule has 0 fully saturated rings. The summed E-state index contributed by atoms with van der Waals surface area (Å²) in [6, 6.07) is 5.91. The number of ether oxygens (including phenoxy) is 2. The molecule has 0 saturated carbocycles. The number of hydrogen-bond donors (Lipinski definition) is 2. The zero-order valence-electron chi connectivity index (χ0n) is 13.0. The van der Waals surface area contributed by atoms with Gasteiger partial charge in [0, 0.05) is 4.47 Å². The fourth-order valence-corrected chi connectivity index (χ4v) is 1.94. The maximum absolute atomic E-state index is 12.1. The van der Waals surface area contributed by atoms with E-state index in [9.17, 15) is 14.4 Å². The molecule has 0 heterocycles. The lowest BCUT2D eigenvalue weighted by Gasteiger charge is -2.22. The quantitative estimate of drug-likeness (QED) is 0.726. The minimum absolute atomic E-state index is 0.335. The Kier molecular flexibility index (Phi) is 7.02. The van der Waals surface area contributed by atoms with Crippen molar-refractivity contribution in [1.82, 2.24) is 5.32 Å². The van der Waals surface area contributed by atoms with Crippen molar-refractivity contribution in [3.05, 3.63) is 28.7 Å². The van der Waals surface area contributed by atoms with Gasteiger partial charge in [-0.15, -0.1) is 0 Å². The van der Waals surface area contributed by atoms with Gasteiger partial charge in [-0.2, -0.15) is 0 Å². The van der Waals surface area contributed by atoms with E-state index >= 15 is 0 Å². The van der Waals surface area contributed by atoms with E-state index in [0.717, 1.165) is 4.47 Å². The molecule has 0 saturated heterocycles. The Labute approximate surface area is 142 Å². The monoisotopic (exact) mass is 386 g/mol. The van der Waals surface area contributed by atoms with E-state index < -0.39 is 30.1 Å². The highest BCUT2D eigenvalue weighted by Crippen LogP contribution is 2.18. The topological polar surface area (TPSA) is 108 Å². The zero-order valence-corrected chi connectivity index (χ0v) is 14.6. The molecule has 3 N–H and O–H groups in total. The second kappa shape index (κ2) is 8.52. The van der Waals surface area contributed by atoms with Gasteiger partial charge in [0.15, 0.2) is 12.2 Å². The molecule has 0 bridgehead atoms. The SMILES string of the molecule is CC(C)[C@H](OC(=O)[C@@H](C)Oc1ccc(Br)cc1)C(=O)NC(N)=O. The van der Waals surface area contributed by atoms with Crippen molar-refractivity contribution in [2.45, 2.75) is 33.0 Å². The Morgan fingerprint density at radius 1 is 1.13 bits per heavy atom. The number of urea groups is 1. The lowest BCUT2D eigenvalue weighted by Crippen LogP contribution is -2.46. The number of carbonyl (C=O) groups is 3. The third-order valence-electron chi connectivity index (χ3n) is 2.81. The minimum Gasteiger partial charge on any atom is -0.479 e. The van der Waals surface area contributed by atoms with Crippen LogP contribution in [-0.2, 0) is 14.3 Å². The van der Waals surface area contributed by atoms with Gasteiger partial charge in [-0.05, 0) is 37.1 Å². The zero-order chi connectivity index (χ0) is 17.6. The predicted octanol–water partition coefficient (Wildman–Crippen LogP) is 1.98. The van der Waals surface area contributed by atoms with Crippen LogP contribution in [0.5, 0.6) is 5.75 Å². The average molecular weight is 387 g/mol. The molecule has 0 aliphatic rings. The third-order valence-corrected chi connectivity index (χ3v) is 3.34. The number of benzene rings is 1. The largest absolute Gasteiger partial charge is 0.479 e. The molecule has 1 aromatic carbocycles. The van der Waals surface area contributed by atoms with Gasteiger partial charge in [-0.1, -0.05) is 29.8 Å². The summed E-state index contributed by atoms with van der Waals surface area (Å²) in [7, 11) is 0. The first kappa shape index (κ1) is 19.0. The first-order valence-corrected chi connectivity index (χ1v) is 7.73. The number of esters is 1. The summed E-state index contributed by atoms with van der Waals surface area (Å²) in [5.74, 6) is -1.33. The second-order valence-corrected chi connectivity index (χ2v) is 6.08. The van der Waals surface area contributed by atoms with Crippen LogP contribution < -0.4 is 15.8 Å². The molecule has 0 unspecified atom stereocenters. The van der Waals surface area contributed by atoms with Crippen molar-refractivity contribution in [2.24, 2.45) is 11.7 Å². The molecule has 0 aromatic heterocycles. The Hall–Kier alpha value is -2.09. The van der Waals surface area contributed by atoms with Gasteiger partial charge >= 0.3 is 12.0 Å². The molecule has 0 radical (unpaired) electrons. The summed E-state index contributed by atoms with van der Waals surface area (Å²) in [5, 5.41) is 1.90. The van der Waals surface area contributed by atoms with E-state index in [1.807, 2.05) is 5.32 Å². The molecule has 2 atom stereocenters. The molecule has 0 aliphatic carbocycles. The van der Waals surface area contributed by atoms with Gasteiger partial charge in [0.2, 0.25) is 0 Å². The molecule has 23 heavy (non-hydrogen) atoms. The maximum atomic E-state index is 12.1.